The van der Waals surface area contributed by atoms with Crippen LogP contribution in [0.3, 0.4) is 0 Å². The van der Waals surface area contributed by atoms with Crippen LogP contribution < -0.4 is 11.1 Å². The van der Waals surface area contributed by atoms with Crippen molar-refractivity contribution in [3.05, 3.63) is 0 Å². The molecule has 0 bridgehead atoms. The summed E-state index contributed by atoms with van der Waals surface area (Å²) in [5.41, 5.74) is 5.40. The molecular formula is C13H26N2O2. The highest BCUT2D eigenvalue weighted by molar-refractivity contribution is 5.77. The fourth-order valence-corrected chi connectivity index (χ4v) is 2.10. The van der Waals surface area contributed by atoms with Crippen LogP contribution in [0.2, 0.25) is 0 Å². The summed E-state index contributed by atoms with van der Waals surface area (Å²) in [6.45, 7) is 4.30. The lowest BCUT2D eigenvalue weighted by molar-refractivity contribution is -0.126. The smallest absolute Gasteiger partial charge is 0.246 e. The summed E-state index contributed by atoms with van der Waals surface area (Å²) in [6.07, 6.45) is 7.25. The number of carbonyl (C=O) groups excluding carboxylic acids is 1. The van der Waals surface area contributed by atoms with Gasteiger partial charge in [-0.15, -0.1) is 0 Å². The van der Waals surface area contributed by atoms with Gasteiger partial charge in [-0.05, 0) is 26.7 Å². The second-order valence-electron chi connectivity index (χ2n) is 5.74. The first kappa shape index (κ1) is 14.5. The molecule has 1 amide bonds. The first-order valence-electron chi connectivity index (χ1n) is 6.63. The monoisotopic (exact) mass is 242 g/mol. The standard InChI is InChI=1S/C13H26N2O2/c1-13(2,14)10-17-9-12(16)15-11-7-5-3-4-6-8-11/h11H,3-10,14H2,1-2H3,(H,15,16). The summed E-state index contributed by atoms with van der Waals surface area (Å²) in [4.78, 5) is 11.6. The van der Waals surface area contributed by atoms with Crippen LogP contribution >= 0.6 is 0 Å². The SMILES string of the molecule is CC(C)(N)COCC(=O)NC1CCCCCC1. The van der Waals surface area contributed by atoms with Crippen molar-refractivity contribution in [2.45, 2.75) is 64.0 Å². The van der Waals surface area contributed by atoms with Crippen molar-refractivity contribution in [2.24, 2.45) is 5.73 Å². The van der Waals surface area contributed by atoms with E-state index < -0.39 is 0 Å². The largest absolute Gasteiger partial charge is 0.370 e. The Hall–Kier alpha value is -0.610. The van der Waals surface area contributed by atoms with E-state index in [0.717, 1.165) is 12.8 Å². The molecule has 0 heterocycles. The first-order valence-corrected chi connectivity index (χ1v) is 6.63. The van der Waals surface area contributed by atoms with E-state index in [4.69, 9.17) is 10.5 Å². The van der Waals surface area contributed by atoms with Crippen molar-refractivity contribution < 1.29 is 9.53 Å². The number of nitrogens with two attached hydrogens (primary N) is 1. The molecule has 0 aromatic heterocycles. The minimum Gasteiger partial charge on any atom is -0.370 e. The summed E-state index contributed by atoms with van der Waals surface area (Å²) in [6, 6.07) is 0.347. The molecule has 1 aliphatic carbocycles. The van der Waals surface area contributed by atoms with Crippen LogP contribution in [0.5, 0.6) is 0 Å². The predicted octanol–water partition coefficient (Wildman–Crippen LogP) is 1.58. The molecule has 0 radical (unpaired) electrons. The van der Waals surface area contributed by atoms with Crippen molar-refractivity contribution in [3.8, 4) is 0 Å². The lowest BCUT2D eigenvalue weighted by Crippen LogP contribution is -2.41. The zero-order valence-corrected chi connectivity index (χ0v) is 11.1. The Labute approximate surface area is 104 Å². The number of rotatable bonds is 5. The molecule has 0 aromatic carbocycles. The molecule has 0 unspecified atom stereocenters. The second kappa shape index (κ2) is 6.97. The van der Waals surface area contributed by atoms with Crippen molar-refractivity contribution in [1.82, 2.24) is 5.32 Å². The van der Waals surface area contributed by atoms with Crippen molar-refractivity contribution in [1.29, 1.82) is 0 Å². The number of hydrogen-bond donors (Lipinski definition) is 2. The summed E-state index contributed by atoms with van der Waals surface area (Å²) >= 11 is 0. The van der Waals surface area contributed by atoms with Gasteiger partial charge in [0.15, 0.2) is 0 Å². The first-order chi connectivity index (χ1) is 7.97. The van der Waals surface area contributed by atoms with Crippen molar-refractivity contribution in [2.75, 3.05) is 13.2 Å². The Morgan fingerprint density at radius 1 is 1.29 bits per heavy atom. The van der Waals surface area contributed by atoms with Crippen molar-refractivity contribution in [3.63, 3.8) is 0 Å². The fraction of sp³-hybridized carbons (Fsp3) is 0.923. The Bertz CT molecular complexity index is 228. The van der Waals surface area contributed by atoms with Gasteiger partial charge < -0.3 is 15.8 Å². The van der Waals surface area contributed by atoms with E-state index in [0.29, 0.717) is 12.6 Å². The quantitative estimate of drug-likeness (QED) is 0.719. The van der Waals surface area contributed by atoms with E-state index in [2.05, 4.69) is 5.32 Å². The Morgan fingerprint density at radius 3 is 2.41 bits per heavy atom. The van der Waals surface area contributed by atoms with Crippen LogP contribution in [0.25, 0.3) is 0 Å². The predicted molar refractivity (Wildman–Crippen MR) is 68.7 cm³/mol. The molecule has 1 fully saturated rings. The maximum atomic E-state index is 11.6. The number of ether oxygens (including phenoxy) is 1. The molecule has 1 aliphatic rings. The molecule has 0 aromatic rings. The van der Waals surface area contributed by atoms with Gasteiger partial charge in [-0.2, -0.15) is 0 Å². The molecule has 100 valence electrons. The van der Waals surface area contributed by atoms with E-state index in [-0.39, 0.29) is 18.1 Å². The highest BCUT2D eigenvalue weighted by atomic mass is 16.5. The average Bonchev–Trinajstić information content (AvgIpc) is 2.44. The van der Waals surface area contributed by atoms with Crippen molar-refractivity contribution >= 4 is 5.91 Å². The van der Waals surface area contributed by atoms with Gasteiger partial charge in [0, 0.05) is 11.6 Å². The summed E-state index contributed by atoms with van der Waals surface area (Å²) in [5.74, 6) is -0.0128. The normalized spacial score (nSPS) is 18.8. The summed E-state index contributed by atoms with van der Waals surface area (Å²) in [5, 5.41) is 3.04. The molecule has 4 heteroatoms. The van der Waals surface area contributed by atoms with E-state index >= 15 is 0 Å². The van der Waals surface area contributed by atoms with Gasteiger partial charge in [0.05, 0.1) is 6.61 Å². The van der Waals surface area contributed by atoms with Gasteiger partial charge in [0.25, 0.3) is 0 Å². The summed E-state index contributed by atoms with van der Waals surface area (Å²) < 4.78 is 5.30. The minimum atomic E-state index is -0.372. The maximum Gasteiger partial charge on any atom is 0.246 e. The number of hydrogen-bond acceptors (Lipinski definition) is 3. The van der Waals surface area contributed by atoms with Crippen LogP contribution in [-0.4, -0.2) is 30.7 Å². The minimum absolute atomic E-state index is 0.0128. The molecule has 0 atom stereocenters. The zero-order chi connectivity index (χ0) is 12.7. The van der Waals surface area contributed by atoms with Crippen LogP contribution in [0.1, 0.15) is 52.4 Å². The van der Waals surface area contributed by atoms with Gasteiger partial charge in [0.1, 0.15) is 6.61 Å². The van der Waals surface area contributed by atoms with E-state index in [1.165, 1.54) is 25.7 Å². The van der Waals surface area contributed by atoms with Gasteiger partial charge >= 0.3 is 0 Å². The molecular weight excluding hydrogens is 216 g/mol. The number of amides is 1. The molecule has 3 N–H and O–H groups in total. The van der Waals surface area contributed by atoms with Crippen LogP contribution in [0.4, 0.5) is 0 Å². The summed E-state index contributed by atoms with van der Waals surface area (Å²) in [7, 11) is 0. The molecule has 1 rings (SSSR count). The highest BCUT2D eigenvalue weighted by Gasteiger charge is 2.16. The van der Waals surface area contributed by atoms with Gasteiger partial charge in [0.2, 0.25) is 5.91 Å². The van der Waals surface area contributed by atoms with Crippen LogP contribution in [-0.2, 0) is 9.53 Å². The second-order valence-corrected chi connectivity index (χ2v) is 5.74. The topological polar surface area (TPSA) is 64.3 Å². The Balaban J connectivity index is 2.15. The lowest BCUT2D eigenvalue weighted by Gasteiger charge is -2.19. The molecule has 4 nitrogen and oxygen atoms in total. The molecule has 17 heavy (non-hydrogen) atoms. The van der Waals surface area contributed by atoms with Crippen LogP contribution in [0.15, 0.2) is 0 Å². The fourth-order valence-electron chi connectivity index (χ4n) is 2.10. The van der Waals surface area contributed by atoms with Crippen LogP contribution in [0, 0.1) is 0 Å². The average molecular weight is 242 g/mol. The highest BCUT2D eigenvalue weighted by Crippen LogP contribution is 2.16. The molecule has 0 saturated heterocycles. The Kier molecular flexibility index (Phi) is 5.92. The third-order valence-electron chi connectivity index (χ3n) is 2.93. The third kappa shape index (κ3) is 7.34. The maximum absolute atomic E-state index is 11.6. The van der Waals surface area contributed by atoms with E-state index in [1.807, 2.05) is 13.8 Å². The van der Waals surface area contributed by atoms with Gasteiger partial charge in [-0.25, -0.2) is 0 Å². The number of carbonyl (C=O) groups is 1. The van der Waals surface area contributed by atoms with E-state index in [9.17, 15) is 4.79 Å². The molecule has 1 saturated carbocycles. The Morgan fingerprint density at radius 2 is 1.88 bits per heavy atom. The number of nitrogens with one attached hydrogen (secondary N) is 1. The van der Waals surface area contributed by atoms with Gasteiger partial charge in [-0.1, -0.05) is 25.7 Å². The molecule has 0 aliphatic heterocycles. The zero-order valence-electron chi connectivity index (χ0n) is 11.1. The molecule has 0 spiro atoms. The van der Waals surface area contributed by atoms with E-state index in [1.54, 1.807) is 0 Å². The lowest BCUT2D eigenvalue weighted by atomic mass is 10.1. The van der Waals surface area contributed by atoms with Gasteiger partial charge in [-0.3, -0.25) is 4.79 Å². The third-order valence-corrected chi connectivity index (χ3v) is 2.93.